The van der Waals surface area contributed by atoms with E-state index >= 15 is 0 Å². The van der Waals surface area contributed by atoms with Crippen molar-refractivity contribution in [3.8, 4) is 5.75 Å². The van der Waals surface area contributed by atoms with Crippen LogP contribution in [-0.2, 0) is 4.79 Å². The minimum Gasteiger partial charge on any atom is -0.491 e. The molecule has 4 nitrogen and oxygen atoms in total. The smallest absolute Gasteiger partial charge is 0.298 e. The van der Waals surface area contributed by atoms with Crippen LogP contribution in [-0.4, -0.2) is 17.3 Å². The molecule has 0 unspecified atom stereocenters. The Morgan fingerprint density at radius 3 is 2.40 bits per heavy atom. The highest BCUT2D eigenvalue weighted by Crippen LogP contribution is 2.35. The van der Waals surface area contributed by atoms with Crippen molar-refractivity contribution in [2.75, 3.05) is 4.90 Å². The van der Waals surface area contributed by atoms with Crippen LogP contribution in [0.25, 0.3) is 6.08 Å². The molecule has 0 aliphatic carbocycles. The number of carbonyl (C=O) groups is 2. The monoisotopic (exact) mass is 353 g/mol. The SMILES string of the molecule is CC[C@@H](C)Oc1ccc(/C=C2/SC(=O)N(c3ccccc3)C2=O)cc1. The van der Waals surface area contributed by atoms with E-state index in [-0.39, 0.29) is 17.3 Å². The zero-order valence-electron chi connectivity index (χ0n) is 14.1. The largest absolute Gasteiger partial charge is 0.491 e. The van der Waals surface area contributed by atoms with Crippen molar-refractivity contribution in [3.63, 3.8) is 0 Å². The normalized spacial score (nSPS) is 17.2. The number of hydrogen-bond acceptors (Lipinski definition) is 4. The first-order valence-corrected chi connectivity index (χ1v) is 9.00. The highest BCUT2D eigenvalue weighted by Gasteiger charge is 2.36. The Bertz CT molecular complexity index is 799. The highest BCUT2D eigenvalue weighted by atomic mass is 32.2. The number of ether oxygens (including phenoxy) is 1. The predicted octanol–water partition coefficient (Wildman–Crippen LogP) is 5.10. The van der Waals surface area contributed by atoms with E-state index in [9.17, 15) is 9.59 Å². The van der Waals surface area contributed by atoms with Gasteiger partial charge in [-0.2, -0.15) is 0 Å². The van der Waals surface area contributed by atoms with Crippen LogP contribution in [0.3, 0.4) is 0 Å². The molecule has 1 heterocycles. The Hall–Kier alpha value is -2.53. The lowest BCUT2D eigenvalue weighted by atomic mass is 10.2. The Kier molecular flexibility index (Phi) is 5.24. The van der Waals surface area contributed by atoms with Crippen LogP contribution in [0.2, 0.25) is 0 Å². The van der Waals surface area contributed by atoms with E-state index in [1.54, 1.807) is 30.3 Å². The van der Waals surface area contributed by atoms with Gasteiger partial charge in [0.2, 0.25) is 0 Å². The van der Waals surface area contributed by atoms with Crippen molar-refractivity contribution in [3.05, 3.63) is 65.1 Å². The number of nitrogens with zero attached hydrogens (tertiary/aromatic N) is 1. The minimum atomic E-state index is -0.291. The van der Waals surface area contributed by atoms with Gasteiger partial charge in [0.15, 0.2) is 0 Å². The summed E-state index contributed by atoms with van der Waals surface area (Å²) < 4.78 is 5.75. The van der Waals surface area contributed by atoms with E-state index < -0.39 is 0 Å². The van der Waals surface area contributed by atoms with E-state index in [2.05, 4.69) is 6.92 Å². The summed E-state index contributed by atoms with van der Waals surface area (Å²) in [7, 11) is 0. The fourth-order valence-electron chi connectivity index (χ4n) is 2.38. The minimum absolute atomic E-state index is 0.160. The molecule has 25 heavy (non-hydrogen) atoms. The summed E-state index contributed by atoms with van der Waals surface area (Å²) in [5.41, 5.74) is 1.45. The third-order valence-electron chi connectivity index (χ3n) is 3.90. The summed E-state index contributed by atoms with van der Waals surface area (Å²) in [4.78, 5) is 26.4. The number of imide groups is 1. The van der Waals surface area contributed by atoms with Gasteiger partial charge in [-0.3, -0.25) is 9.59 Å². The summed E-state index contributed by atoms with van der Waals surface area (Å²) in [6.45, 7) is 4.09. The molecule has 1 fully saturated rings. The van der Waals surface area contributed by atoms with E-state index in [1.165, 1.54) is 4.90 Å². The molecule has 1 aliphatic rings. The molecule has 0 spiro atoms. The standard InChI is InChI=1S/C20H19NO3S/c1-3-14(2)24-17-11-9-15(10-12-17)13-18-19(22)21(20(23)25-18)16-7-5-4-6-8-16/h4-14H,3H2,1-2H3/b18-13+/t14-/m1/s1. The molecule has 2 aromatic carbocycles. The van der Waals surface area contributed by atoms with Gasteiger partial charge < -0.3 is 4.74 Å². The first-order valence-electron chi connectivity index (χ1n) is 8.18. The zero-order chi connectivity index (χ0) is 17.8. The van der Waals surface area contributed by atoms with Crippen LogP contribution >= 0.6 is 11.8 Å². The number of para-hydroxylation sites is 1. The second kappa shape index (κ2) is 7.57. The van der Waals surface area contributed by atoms with Gasteiger partial charge in [-0.1, -0.05) is 37.3 Å². The van der Waals surface area contributed by atoms with E-state index in [1.807, 2.05) is 37.3 Å². The van der Waals surface area contributed by atoms with Crippen molar-refractivity contribution in [2.24, 2.45) is 0 Å². The number of rotatable bonds is 5. The molecule has 5 heteroatoms. The van der Waals surface area contributed by atoms with Crippen LogP contribution in [0.1, 0.15) is 25.8 Å². The molecule has 0 aromatic heterocycles. The molecule has 2 amide bonds. The third kappa shape index (κ3) is 3.94. The Labute approximate surface area is 151 Å². The zero-order valence-corrected chi connectivity index (χ0v) is 15.0. The van der Waals surface area contributed by atoms with Crippen molar-refractivity contribution in [1.29, 1.82) is 0 Å². The molecule has 0 radical (unpaired) electrons. The first kappa shape index (κ1) is 17.3. The summed E-state index contributed by atoms with van der Waals surface area (Å²) in [5, 5.41) is -0.279. The van der Waals surface area contributed by atoms with Gasteiger partial charge in [-0.15, -0.1) is 0 Å². The van der Waals surface area contributed by atoms with Crippen molar-refractivity contribution in [1.82, 2.24) is 0 Å². The summed E-state index contributed by atoms with van der Waals surface area (Å²) in [6.07, 6.45) is 2.84. The van der Waals surface area contributed by atoms with Gasteiger partial charge >= 0.3 is 0 Å². The fourth-order valence-corrected chi connectivity index (χ4v) is 3.22. The number of benzene rings is 2. The van der Waals surface area contributed by atoms with Crippen molar-refractivity contribution in [2.45, 2.75) is 26.4 Å². The molecule has 128 valence electrons. The van der Waals surface area contributed by atoms with Crippen LogP contribution in [0.15, 0.2) is 59.5 Å². The molecular formula is C20H19NO3S. The molecule has 1 aliphatic heterocycles. The van der Waals surface area contributed by atoms with Crippen LogP contribution in [0.5, 0.6) is 5.75 Å². The first-order chi connectivity index (χ1) is 12.1. The Morgan fingerprint density at radius 2 is 1.76 bits per heavy atom. The van der Waals surface area contributed by atoms with E-state index in [0.29, 0.717) is 10.6 Å². The maximum atomic E-state index is 12.6. The molecule has 0 saturated carbocycles. The summed E-state index contributed by atoms with van der Waals surface area (Å²) in [6, 6.07) is 16.5. The second-order valence-electron chi connectivity index (χ2n) is 5.76. The van der Waals surface area contributed by atoms with Crippen LogP contribution in [0.4, 0.5) is 10.5 Å². The van der Waals surface area contributed by atoms with Gasteiger partial charge in [0, 0.05) is 0 Å². The molecule has 2 aromatic rings. The average molecular weight is 353 g/mol. The second-order valence-corrected chi connectivity index (χ2v) is 6.75. The maximum Gasteiger partial charge on any atom is 0.298 e. The van der Waals surface area contributed by atoms with E-state index in [4.69, 9.17) is 4.74 Å². The number of thioether (sulfide) groups is 1. The Balaban J connectivity index is 1.78. The highest BCUT2D eigenvalue weighted by molar-refractivity contribution is 8.19. The lowest BCUT2D eigenvalue weighted by molar-refractivity contribution is -0.113. The van der Waals surface area contributed by atoms with E-state index in [0.717, 1.165) is 29.5 Å². The topological polar surface area (TPSA) is 46.6 Å². The number of hydrogen-bond donors (Lipinski definition) is 0. The third-order valence-corrected chi connectivity index (χ3v) is 4.77. The van der Waals surface area contributed by atoms with Gasteiger partial charge in [0.1, 0.15) is 5.75 Å². The van der Waals surface area contributed by atoms with Crippen LogP contribution in [0, 0.1) is 0 Å². The number of carbonyl (C=O) groups excluding carboxylic acids is 2. The fraction of sp³-hybridized carbons (Fsp3) is 0.200. The lowest BCUT2D eigenvalue weighted by Gasteiger charge is -2.12. The van der Waals surface area contributed by atoms with Gasteiger partial charge in [0.25, 0.3) is 11.1 Å². The quantitative estimate of drug-likeness (QED) is 0.701. The number of amides is 2. The molecule has 1 saturated heterocycles. The van der Waals surface area contributed by atoms with Crippen molar-refractivity contribution < 1.29 is 14.3 Å². The summed E-state index contributed by atoms with van der Waals surface area (Å²) >= 11 is 0.957. The summed E-state index contributed by atoms with van der Waals surface area (Å²) in [5.74, 6) is 0.505. The van der Waals surface area contributed by atoms with Gasteiger partial charge in [-0.25, -0.2) is 4.90 Å². The average Bonchev–Trinajstić information content (AvgIpc) is 2.90. The lowest BCUT2D eigenvalue weighted by Crippen LogP contribution is -2.27. The van der Waals surface area contributed by atoms with Gasteiger partial charge in [-0.05, 0) is 61.0 Å². The molecule has 0 N–H and O–H groups in total. The maximum absolute atomic E-state index is 12.6. The molecular weight excluding hydrogens is 334 g/mol. The molecule has 3 rings (SSSR count). The molecule has 0 bridgehead atoms. The van der Waals surface area contributed by atoms with Gasteiger partial charge in [0.05, 0.1) is 16.7 Å². The predicted molar refractivity (Wildman–Crippen MR) is 102 cm³/mol. The molecule has 1 atom stereocenters. The Morgan fingerprint density at radius 1 is 1.08 bits per heavy atom. The van der Waals surface area contributed by atoms with Crippen molar-refractivity contribution >= 4 is 34.7 Å². The number of anilines is 1. The van der Waals surface area contributed by atoms with Crippen LogP contribution < -0.4 is 9.64 Å².